The molecule has 2 aromatic rings. The zero-order valence-corrected chi connectivity index (χ0v) is 17.8. The highest BCUT2D eigenvalue weighted by atomic mass is 19.1. The number of hydrogen-bond acceptors (Lipinski definition) is 6. The number of carbonyl (C=O) groups excluding carboxylic acids is 2. The molecule has 0 N–H and O–H groups in total. The highest BCUT2D eigenvalue weighted by Crippen LogP contribution is 2.19. The van der Waals surface area contributed by atoms with Crippen LogP contribution in [-0.4, -0.2) is 50.8 Å². The molecule has 10 heteroatoms. The summed E-state index contributed by atoms with van der Waals surface area (Å²) in [5, 5.41) is 4.00. The largest absolute Gasteiger partial charge is 0.466 e. The SMILES string of the molecule is CCOC(=O)C1CCN(C(=O)c2nn(-c3ccc(C)c(F)c3)c(=O)n(CC)c2=O)CC1. The van der Waals surface area contributed by atoms with E-state index < -0.39 is 28.7 Å². The first-order valence-corrected chi connectivity index (χ1v) is 10.2. The van der Waals surface area contributed by atoms with Gasteiger partial charge in [-0.25, -0.2) is 9.18 Å². The van der Waals surface area contributed by atoms with Crippen molar-refractivity contribution in [1.82, 2.24) is 19.2 Å². The topological polar surface area (TPSA) is 104 Å². The van der Waals surface area contributed by atoms with Crippen molar-refractivity contribution < 1.29 is 18.7 Å². The summed E-state index contributed by atoms with van der Waals surface area (Å²) in [5.41, 5.74) is -1.47. The smallest absolute Gasteiger partial charge is 0.352 e. The summed E-state index contributed by atoms with van der Waals surface area (Å²) < 4.78 is 20.8. The van der Waals surface area contributed by atoms with Gasteiger partial charge in [0.1, 0.15) is 5.82 Å². The third kappa shape index (κ3) is 4.42. The van der Waals surface area contributed by atoms with E-state index in [1.807, 2.05) is 0 Å². The van der Waals surface area contributed by atoms with Crippen molar-refractivity contribution in [1.29, 1.82) is 0 Å². The predicted molar refractivity (Wildman–Crippen MR) is 110 cm³/mol. The highest BCUT2D eigenvalue weighted by molar-refractivity contribution is 5.92. The van der Waals surface area contributed by atoms with E-state index in [9.17, 15) is 23.6 Å². The lowest BCUT2D eigenvalue weighted by atomic mass is 9.97. The molecule has 0 radical (unpaired) electrons. The van der Waals surface area contributed by atoms with E-state index in [4.69, 9.17) is 4.74 Å². The maximum absolute atomic E-state index is 14.0. The number of carbonyl (C=O) groups is 2. The molecule has 1 aliphatic heterocycles. The Morgan fingerprint density at radius 3 is 2.45 bits per heavy atom. The maximum Gasteiger partial charge on any atom is 0.352 e. The van der Waals surface area contributed by atoms with E-state index in [2.05, 4.69) is 5.10 Å². The van der Waals surface area contributed by atoms with Gasteiger partial charge in [0, 0.05) is 25.7 Å². The first-order valence-electron chi connectivity index (χ1n) is 10.2. The van der Waals surface area contributed by atoms with Crippen LogP contribution in [0.1, 0.15) is 42.7 Å². The van der Waals surface area contributed by atoms with Crippen LogP contribution in [-0.2, 0) is 16.1 Å². The number of esters is 1. The molecule has 0 aliphatic carbocycles. The van der Waals surface area contributed by atoms with Crippen LogP contribution in [0.2, 0.25) is 0 Å². The van der Waals surface area contributed by atoms with Crippen LogP contribution >= 0.6 is 0 Å². The molecule has 0 spiro atoms. The van der Waals surface area contributed by atoms with Crippen LogP contribution in [0.3, 0.4) is 0 Å². The average Bonchev–Trinajstić information content (AvgIpc) is 2.76. The van der Waals surface area contributed by atoms with E-state index in [1.54, 1.807) is 20.8 Å². The summed E-state index contributed by atoms with van der Waals surface area (Å²) in [4.78, 5) is 51.9. The Hall–Kier alpha value is -3.30. The Morgan fingerprint density at radius 2 is 1.87 bits per heavy atom. The number of ether oxygens (including phenoxy) is 1. The van der Waals surface area contributed by atoms with Gasteiger partial charge in [-0.05, 0) is 45.2 Å². The summed E-state index contributed by atoms with van der Waals surface area (Å²) in [6, 6.07) is 4.12. The normalized spacial score (nSPS) is 14.5. The standard InChI is InChI=1S/C21H25FN4O5/c1-4-25-19(28)17(18(27)24-10-8-14(9-11-24)20(29)31-5-2)23-26(21(25)30)15-7-6-13(3)16(22)12-15/h6-7,12,14H,4-5,8-11H2,1-3H3. The van der Waals surface area contributed by atoms with Gasteiger partial charge < -0.3 is 9.64 Å². The first kappa shape index (κ1) is 22.4. The molecule has 9 nitrogen and oxygen atoms in total. The van der Waals surface area contributed by atoms with Crippen molar-refractivity contribution in [2.45, 2.75) is 40.2 Å². The number of aryl methyl sites for hydroxylation is 1. The molecule has 1 aliphatic rings. The molecule has 0 atom stereocenters. The van der Waals surface area contributed by atoms with Crippen molar-refractivity contribution in [3.63, 3.8) is 0 Å². The monoisotopic (exact) mass is 432 g/mol. The Morgan fingerprint density at radius 1 is 1.19 bits per heavy atom. The molecule has 1 amide bonds. The molecule has 166 valence electrons. The number of piperidine rings is 1. The number of amides is 1. The lowest BCUT2D eigenvalue weighted by Crippen LogP contribution is -2.48. The molecular weight excluding hydrogens is 407 g/mol. The van der Waals surface area contributed by atoms with E-state index in [0.717, 1.165) is 15.3 Å². The van der Waals surface area contributed by atoms with Crippen molar-refractivity contribution in [2.24, 2.45) is 5.92 Å². The zero-order chi connectivity index (χ0) is 22.7. The fraction of sp³-hybridized carbons (Fsp3) is 0.476. The van der Waals surface area contributed by atoms with Crippen molar-refractivity contribution >= 4 is 11.9 Å². The summed E-state index contributed by atoms with van der Waals surface area (Å²) in [6.45, 7) is 5.75. The van der Waals surface area contributed by atoms with Gasteiger partial charge in [0.2, 0.25) is 5.69 Å². The molecule has 0 saturated carbocycles. The van der Waals surface area contributed by atoms with Gasteiger partial charge in [-0.3, -0.25) is 19.0 Å². The second-order valence-electron chi connectivity index (χ2n) is 7.34. The molecule has 3 rings (SSSR count). The Balaban J connectivity index is 1.95. The fourth-order valence-electron chi connectivity index (χ4n) is 3.54. The number of halogens is 1. The number of aromatic nitrogens is 3. The minimum Gasteiger partial charge on any atom is -0.466 e. The van der Waals surface area contributed by atoms with Crippen LogP contribution in [0.25, 0.3) is 5.69 Å². The van der Waals surface area contributed by atoms with E-state index in [-0.39, 0.29) is 37.2 Å². The molecule has 31 heavy (non-hydrogen) atoms. The van der Waals surface area contributed by atoms with Gasteiger partial charge in [-0.2, -0.15) is 9.78 Å². The lowest BCUT2D eigenvalue weighted by Gasteiger charge is -2.30. The van der Waals surface area contributed by atoms with Crippen LogP contribution < -0.4 is 11.2 Å². The van der Waals surface area contributed by atoms with Crippen LogP contribution in [0.15, 0.2) is 27.8 Å². The number of nitrogens with zero attached hydrogens (tertiary/aromatic N) is 4. The average molecular weight is 432 g/mol. The molecule has 1 saturated heterocycles. The number of rotatable bonds is 5. The van der Waals surface area contributed by atoms with E-state index in [0.29, 0.717) is 25.0 Å². The summed E-state index contributed by atoms with van der Waals surface area (Å²) in [6.07, 6.45) is 0.824. The molecule has 0 bridgehead atoms. The Labute approximate surface area is 178 Å². The quantitative estimate of drug-likeness (QED) is 0.660. The second kappa shape index (κ2) is 9.23. The minimum absolute atomic E-state index is 0.0275. The van der Waals surface area contributed by atoms with Crippen molar-refractivity contribution in [2.75, 3.05) is 19.7 Å². The van der Waals surface area contributed by atoms with Gasteiger partial charge in [0.15, 0.2) is 0 Å². The molecule has 1 aromatic heterocycles. The third-order valence-corrected chi connectivity index (χ3v) is 5.38. The Kier molecular flexibility index (Phi) is 6.67. The van der Waals surface area contributed by atoms with E-state index in [1.165, 1.54) is 17.0 Å². The summed E-state index contributed by atoms with van der Waals surface area (Å²) in [5.74, 6) is -1.75. The molecule has 0 unspecified atom stereocenters. The Bertz CT molecular complexity index is 1120. The lowest BCUT2D eigenvalue weighted by molar-refractivity contribution is -0.149. The number of benzene rings is 1. The van der Waals surface area contributed by atoms with Gasteiger partial charge in [-0.1, -0.05) is 6.07 Å². The summed E-state index contributed by atoms with van der Waals surface area (Å²) in [7, 11) is 0. The maximum atomic E-state index is 14.0. The number of likely N-dealkylation sites (tertiary alicyclic amines) is 1. The second-order valence-corrected chi connectivity index (χ2v) is 7.34. The van der Waals surface area contributed by atoms with Gasteiger partial charge in [-0.15, -0.1) is 0 Å². The van der Waals surface area contributed by atoms with E-state index >= 15 is 0 Å². The zero-order valence-electron chi connectivity index (χ0n) is 17.8. The molecule has 2 heterocycles. The highest BCUT2D eigenvalue weighted by Gasteiger charge is 2.31. The first-order chi connectivity index (χ1) is 14.8. The molecular formula is C21H25FN4O5. The fourth-order valence-corrected chi connectivity index (χ4v) is 3.54. The van der Waals surface area contributed by atoms with Crippen LogP contribution in [0.4, 0.5) is 4.39 Å². The molecule has 1 fully saturated rings. The van der Waals surface area contributed by atoms with Crippen LogP contribution in [0.5, 0.6) is 0 Å². The van der Waals surface area contributed by atoms with Crippen molar-refractivity contribution in [3.05, 3.63) is 56.1 Å². The van der Waals surface area contributed by atoms with Gasteiger partial charge >= 0.3 is 11.7 Å². The minimum atomic E-state index is -0.797. The summed E-state index contributed by atoms with van der Waals surface area (Å²) >= 11 is 0. The van der Waals surface area contributed by atoms with Gasteiger partial charge in [0.25, 0.3) is 11.5 Å². The van der Waals surface area contributed by atoms with Crippen LogP contribution in [0, 0.1) is 18.7 Å². The third-order valence-electron chi connectivity index (χ3n) is 5.38. The number of hydrogen-bond donors (Lipinski definition) is 0. The van der Waals surface area contributed by atoms with Crippen molar-refractivity contribution in [3.8, 4) is 5.69 Å². The predicted octanol–water partition coefficient (Wildman–Crippen LogP) is 1.28. The van der Waals surface area contributed by atoms with Gasteiger partial charge in [0.05, 0.1) is 18.2 Å². The molecule has 1 aromatic carbocycles.